The van der Waals surface area contributed by atoms with Crippen molar-refractivity contribution in [1.29, 1.82) is 5.26 Å². The first-order chi connectivity index (χ1) is 17.4. The number of anilines is 2. The van der Waals surface area contributed by atoms with Gasteiger partial charge in [-0.05, 0) is 31.7 Å². The number of hydrogen-bond donors (Lipinski definition) is 3. The van der Waals surface area contributed by atoms with E-state index in [2.05, 4.69) is 21.9 Å². The predicted octanol–water partition coefficient (Wildman–Crippen LogP) is 0.110. The molecular weight excluding hydrogens is 480 g/mol. The number of likely N-dealkylation sites (N-methyl/N-ethyl adjacent to an activating group) is 1. The van der Waals surface area contributed by atoms with Crippen LogP contribution < -0.4 is 30.7 Å². The molecule has 1 aromatic heterocycles. The first-order valence-corrected chi connectivity index (χ1v) is 12.1. The Morgan fingerprint density at radius 1 is 1.31 bits per heavy atom. The number of benzene rings is 1. The molecule has 0 saturated carbocycles. The first kappa shape index (κ1) is 28.3. The lowest BCUT2D eigenvalue weighted by Gasteiger charge is -2.19. The number of amides is 2. The highest BCUT2D eigenvalue weighted by Crippen LogP contribution is 2.15. The molecule has 0 unspecified atom stereocenters. The third-order valence-corrected chi connectivity index (χ3v) is 6.20. The fourth-order valence-electron chi connectivity index (χ4n) is 3.22. The number of carbonyl (C=O) groups excluding carboxylic acids is 2. The molecule has 3 N–H and O–H groups in total. The van der Waals surface area contributed by atoms with Gasteiger partial charge in [-0.3, -0.25) is 23.9 Å². The number of thiazole rings is 1. The summed E-state index contributed by atoms with van der Waals surface area (Å²) in [5.41, 5.74) is 0.741. The summed E-state index contributed by atoms with van der Waals surface area (Å²) in [6.07, 6.45) is 6.68. The molecule has 190 valence electrons. The molecule has 1 aromatic carbocycles. The quantitative estimate of drug-likeness (QED) is 0.346. The van der Waals surface area contributed by atoms with Crippen LogP contribution in [-0.4, -0.2) is 61.2 Å². The number of methoxy groups -OCH3 is 1. The summed E-state index contributed by atoms with van der Waals surface area (Å²) in [5, 5.41) is 17.9. The first-order valence-electron chi connectivity index (χ1n) is 11.3. The minimum absolute atomic E-state index is 0.0250. The molecule has 0 aliphatic rings. The van der Waals surface area contributed by atoms with Gasteiger partial charge in [-0.2, -0.15) is 5.26 Å². The summed E-state index contributed by atoms with van der Waals surface area (Å²) < 4.78 is 7.01. The third-order valence-electron chi connectivity index (χ3n) is 5.07. The number of hydrogen-bond acceptors (Lipinski definition) is 8. The van der Waals surface area contributed by atoms with Crippen molar-refractivity contribution in [2.75, 3.05) is 50.5 Å². The number of nitriles is 1. The Morgan fingerprint density at radius 2 is 2.06 bits per heavy atom. The smallest absolute Gasteiger partial charge is 0.270 e. The fourth-order valence-corrected chi connectivity index (χ4v) is 4.30. The zero-order valence-electron chi connectivity index (χ0n) is 20.6. The average molecular weight is 511 g/mol. The normalized spacial score (nSPS) is 12.0. The fraction of sp³-hybridized carbons (Fsp3) is 0.360. The van der Waals surface area contributed by atoms with E-state index < -0.39 is 5.91 Å². The summed E-state index contributed by atoms with van der Waals surface area (Å²) in [5.74, 6) is 1.50. The molecule has 0 fully saturated rings. The Morgan fingerprint density at radius 3 is 2.69 bits per heavy atom. The Hall–Kier alpha value is -3.90. The molecule has 2 aromatic rings. The van der Waals surface area contributed by atoms with Crippen LogP contribution in [0.4, 0.5) is 11.4 Å². The number of nitrogens with one attached hydrogen (secondary N) is 3. The highest BCUT2D eigenvalue weighted by Gasteiger charge is 2.15. The molecule has 0 bridgehead atoms. The second-order valence-corrected chi connectivity index (χ2v) is 8.50. The lowest BCUT2D eigenvalue weighted by atomic mass is 10.2. The van der Waals surface area contributed by atoms with Gasteiger partial charge in [-0.25, -0.2) is 0 Å². The molecule has 2 rings (SSSR count). The van der Waals surface area contributed by atoms with Gasteiger partial charge in [-0.1, -0.05) is 18.9 Å². The average Bonchev–Trinajstić information content (AvgIpc) is 3.19. The van der Waals surface area contributed by atoms with E-state index in [1.54, 1.807) is 38.3 Å². The van der Waals surface area contributed by atoms with Crippen molar-refractivity contribution in [2.24, 2.45) is 0 Å². The van der Waals surface area contributed by atoms with Crippen LogP contribution in [0.15, 0.2) is 29.1 Å². The van der Waals surface area contributed by atoms with Crippen LogP contribution in [-0.2, 0) is 20.9 Å². The van der Waals surface area contributed by atoms with E-state index in [1.807, 2.05) is 17.9 Å². The molecule has 0 spiro atoms. The van der Waals surface area contributed by atoms with Crippen LogP contribution in [0.2, 0.25) is 0 Å². The molecule has 1 heterocycles. The molecule has 0 atom stereocenters. The number of rotatable bonds is 12. The monoisotopic (exact) mass is 510 g/mol. The topological polar surface area (TPSA) is 128 Å². The highest BCUT2D eigenvalue weighted by molar-refractivity contribution is 7.07. The van der Waals surface area contributed by atoms with Gasteiger partial charge in [0.25, 0.3) is 11.5 Å². The molecule has 2 amide bonds. The zero-order chi connectivity index (χ0) is 26.5. The second kappa shape index (κ2) is 14.5. The summed E-state index contributed by atoms with van der Waals surface area (Å²) in [6, 6.07) is 8.95. The van der Waals surface area contributed by atoms with Gasteiger partial charge in [0.15, 0.2) is 5.57 Å². The number of terminal acetylenes is 1. The van der Waals surface area contributed by atoms with E-state index in [-0.39, 0.29) is 41.3 Å². The standard InChI is InChI=1S/C25H30N6O4S/c1-5-11-27-23(33)20(15-26)25-31(7-3)24(34)21(36-25)16-28-18-9-8-10-19(14-18)29-22(32)17-30(6-2)12-13-35-4/h1,8-10,14,16,28H,6-7,11-13,17H2,2-4H3,(H,27,33)(H,29,32). The highest BCUT2D eigenvalue weighted by atomic mass is 32.1. The minimum Gasteiger partial charge on any atom is -0.383 e. The van der Waals surface area contributed by atoms with Crippen LogP contribution in [0.3, 0.4) is 0 Å². The Labute approximate surface area is 213 Å². The van der Waals surface area contributed by atoms with Crippen LogP contribution in [0.1, 0.15) is 13.8 Å². The molecule has 0 saturated heterocycles. The molecule has 0 aliphatic carbocycles. The van der Waals surface area contributed by atoms with E-state index >= 15 is 0 Å². The van der Waals surface area contributed by atoms with Gasteiger partial charge in [0.2, 0.25) is 5.91 Å². The number of ether oxygens (including phenoxy) is 1. The molecule has 10 nitrogen and oxygen atoms in total. The Bertz CT molecular complexity index is 1330. The van der Waals surface area contributed by atoms with Gasteiger partial charge < -0.3 is 20.7 Å². The maximum Gasteiger partial charge on any atom is 0.270 e. The zero-order valence-corrected chi connectivity index (χ0v) is 21.4. The maximum atomic E-state index is 12.9. The van der Waals surface area contributed by atoms with Crippen molar-refractivity contribution in [3.05, 3.63) is 43.8 Å². The SMILES string of the molecule is C#CCNC(=O)C(C#N)=c1sc(=CNc2cccc(NC(=O)CN(CC)CCOC)c2)c(=O)n1CC. The van der Waals surface area contributed by atoms with Crippen molar-refractivity contribution in [1.82, 2.24) is 14.8 Å². The number of carbonyl (C=O) groups is 2. The van der Waals surface area contributed by atoms with Crippen molar-refractivity contribution in [2.45, 2.75) is 20.4 Å². The van der Waals surface area contributed by atoms with E-state index in [1.165, 1.54) is 10.8 Å². The van der Waals surface area contributed by atoms with Gasteiger partial charge >= 0.3 is 0 Å². The minimum atomic E-state index is -0.634. The molecule has 0 radical (unpaired) electrons. The van der Waals surface area contributed by atoms with Gasteiger partial charge in [0.05, 0.1) is 19.7 Å². The molecular formula is C25H30N6O4S. The van der Waals surface area contributed by atoms with Crippen molar-refractivity contribution >= 4 is 46.3 Å². The lowest BCUT2D eigenvalue weighted by Crippen LogP contribution is -2.35. The predicted molar refractivity (Wildman–Crippen MR) is 142 cm³/mol. The van der Waals surface area contributed by atoms with Gasteiger partial charge in [-0.15, -0.1) is 17.8 Å². The van der Waals surface area contributed by atoms with E-state index in [9.17, 15) is 19.6 Å². The van der Waals surface area contributed by atoms with Crippen molar-refractivity contribution in [3.8, 4) is 18.4 Å². The van der Waals surface area contributed by atoms with Crippen LogP contribution in [0.5, 0.6) is 0 Å². The largest absolute Gasteiger partial charge is 0.383 e. The summed E-state index contributed by atoms with van der Waals surface area (Å²) >= 11 is 1.03. The van der Waals surface area contributed by atoms with Crippen molar-refractivity contribution < 1.29 is 14.3 Å². The van der Waals surface area contributed by atoms with Crippen LogP contribution in [0.25, 0.3) is 11.8 Å². The van der Waals surface area contributed by atoms with Crippen molar-refractivity contribution in [3.63, 3.8) is 0 Å². The van der Waals surface area contributed by atoms with E-state index in [0.717, 1.165) is 17.9 Å². The Kier molecular flexibility index (Phi) is 11.4. The van der Waals surface area contributed by atoms with E-state index in [4.69, 9.17) is 11.2 Å². The molecule has 36 heavy (non-hydrogen) atoms. The van der Waals surface area contributed by atoms with Gasteiger partial charge in [0.1, 0.15) is 15.3 Å². The van der Waals surface area contributed by atoms with E-state index in [0.29, 0.717) is 29.1 Å². The lowest BCUT2D eigenvalue weighted by molar-refractivity contribution is -0.117. The Balaban J connectivity index is 2.26. The number of aromatic nitrogens is 1. The number of nitrogens with zero attached hydrogens (tertiary/aromatic N) is 3. The maximum absolute atomic E-state index is 12.9. The molecule has 11 heteroatoms. The summed E-state index contributed by atoms with van der Waals surface area (Å²) in [4.78, 5) is 39.6. The third kappa shape index (κ3) is 7.82. The summed E-state index contributed by atoms with van der Waals surface area (Å²) in [7, 11) is 1.62. The van der Waals surface area contributed by atoms with Gasteiger partial charge in [0, 0.05) is 37.8 Å². The van der Waals surface area contributed by atoms with Crippen LogP contribution >= 0.6 is 11.3 Å². The summed E-state index contributed by atoms with van der Waals surface area (Å²) in [6.45, 7) is 6.16. The second-order valence-electron chi connectivity index (χ2n) is 7.47. The molecule has 0 aliphatic heterocycles. The van der Waals surface area contributed by atoms with Crippen LogP contribution in [0, 0.1) is 23.7 Å².